The molecule has 0 saturated carbocycles. The molecule has 1 aromatic carbocycles. The van der Waals surface area contributed by atoms with Gasteiger partial charge in [-0.05, 0) is 12.6 Å². The molecule has 4 heteroatoms. The average molecular weight is 215 g/mol. The minimum Gasteiger partial charge on any atom is -0.382 e. The maximum atomic E-state index is 13.1. The van der Waals surface area contributed by atoms with Crippen LogP contribution in [0.25, 0.3) is 0 Å². The van der Waals surface area contributed by atoms with Gasteiger partial charge < -0.3 is 10.1 Å². The van der Waals surface area contributed by atoms with E-state index in [1.54, 1.807) is 30.3 Å². The Hall–Kier alpha value is -1.00. The van der Waals surface area contributed by atoms with Gasteiger partial charge in [0.1, 0.15) is 5.54 Å². The molecule has 0 amide bonds. The van der Waals surface area contributed by atoms with E-state index in [0.717, 1.165) is 0 Å². The number of nitrogens with one attached hydrogen (secondary N) is 1. The van der Waals surface area contributed by atoms with E-state index in [-0.39, 0.29) is 6.61 Å². The van der Waals surface area contributed by atoms with E-state index in [4.69, 9.17) is 4.74 Å². The molecule has 15 heavy (non-hydrogen) atoms. The highest BCUT2D eigenvalue weighted by molar-refractivity contribution is 5.25. The molecule has 0 aliphatic heterocycles. The molecular weight excluding hydrogens is 200 g/mol. The van der Waals surface area contributed by atoms with Crippen LogP contribution in [0.5, 0.6) is 0 Å². The Morgan fingerprint density at radius 2 is 1.93 bits per heavy atom. The summed E-state index contributed by atoms with van der Waals surface area (Å²) in [6.45, 7) is -0.0643. The number of rotatable bonds is 5. The second-order valence-corrected chi connectivity index (χ2v) is 3.32. The Morgan fingerprint density at radius 1 is 1.33 bits per heavy atom. The lowest BCUT2D eigenvalue weighted by Crippen LogP contribution is -2.50. The Balaban J connectivity index is 3.09. The second-order valence-electron chi connectivity index (χ2n) is 3.32. The van der Waals surface area contributed by atoms with E-state index >= 15 is 0 Å². The molecule has 84 valence electrons. The van der Waals surface area contributed by atoms with E-state index in [1.807, 2.05) is 0 Å². The maximum Gasteiger partial charge on any atom is 0.262 e. The first-order valence-electron chi connectivity index (χ1n) is 4.69. The van der Waals surface area contributed by atoms with Crippen molar-refractivity contribution in [2.24, 2.45) is 0 Å². The normalized spacial score (nSPS) is 15.3. The van der Waals surface area contributed by atoms with Crippen molar-refractivity contribution in [3.05, 3.63) is 35.9 Å². The summed E-state index contributed by atoms with van der Waals surface area (Å²) in [6, 6.07) is 8.60. The van der Waals surface area contributed by atoms with Crippen LogP contribution >= 0.6 is 0 Å². The van der Waals surface area contributed by atoms with E-state index in [2.05, 4.69) is 5.32 Å². The summed E-state index contributed by atoms with van der Waals surface area (Å²) in [7, 11) is 2.93. The third kappa shape index (κ3) is 2.33. The first kappa shape index (κ1) is 12.1. The van der Waals surface area contributed by atoms with Crippen LogP contribution in [0.15, 0.2) is 30.3 Å². The van der Waals surface area contributed by atoms with Crippen LogP contribution in [0.4, 0.5) is 8.78 Å². The Morgan fingerprint density at radius 3 is 2.33 bits per heavy atom. The molecule has 0 fully saturated rings. The van der Waals surface area contributed by atoms with E-state index in [0.29, 0.717) is 5.56 Å². The van der Waals surface area contributed by atoms with Crippen molar-refractivity contribution < 1.29 is 13.5 Å². The SMILES string of the molecule is CNC(COC)(c1ccccc1)C(F)F. The van der Waals surface area contributed by atoms with Gasteiger partial charge in [-0.2, -0.15) is 0 Å². The van der Waals surface area contributed by atoms with Gasteiger partial charge in [-0.25, -0.2) is 8.78 Å². The van der Waals surface area contributed by atoms with Gasteiger partial charge in [-0.3, -0.25) is 0 Å². The van der Waals surface area contributed by atoms with E-state index in [9.17, 15) is 8.78 Å². The van der Waals surface area contributed by atoms with Gasteiger partial charge in [0.25, 0.3) is 6.43 Å². The molecule has 0 aliphatic carbocycles. The highest BCUT2D eigenvalue weighted by Crippen LogP contribution is 2.28. The van der Waals surface area contributed by atoms with Crippen LogP contribution in [0, 0.1) is 0 Å². The zero-order valence-corrected chi connectivity index (χ0v) is 8.84. The van der Waals surface area contributed by atoms with Crippen LogP contribution < -0.4 is 5.32 Å². The predicted molar refractivity (Wildman–Crippen MR) is 55.1 cm³/mol. The summed E-state index contributed by atoms with van der Waals surface area (Å²) in [4.78, 5) is 0. The van der Waals surface area contributed by atoms with Crippen LogP contribution in [0.1, 0.15) is 5.56 Å². The number of benzene rings is 1. The molecule has 1 rings (SSSR count). The molecule has 1 unspecified atom stereocenters. The summed E-state index contributed by atoms with van der Waals surface area (Å²) in [5.41, 5.74) is -0.889. The standard InChI is InChI=1S/C11H15F2NO/c1-14-11(8-15-2,10(12)13)9-6-4-3-5-7-9/h3-7,10,14H,8H2,1-2H3. The molecule has 2 nitrogen and oxygen atoms in total. The van der Waals surface area contributed by atoms with Crippen molar-refractivity contribution in [3.63, 3.8) is 0 Å². The minimum atomic E-state index is -2.52. The minimum absolute atomic E-state index is 0.0643. The van der Waals surface area contributed by atoms with Crippen molar-refractivity contribution in [2.75, 3.05) is 20.8 Å². The lowest BCUT2D eigenvalue weighted by molar-refractivity contribution is -0.0177. The fourth-order valence-electron chi connectivity index (χ4n) is 1.56. The second kappa shape index (κ2) is 5.19. The molecule has 0 spiro atoms. The van der Waals surface area contributed by atoms with Gasteiger partial charge >= 0.3 is 0 Å². The van der Waals surface area contributed by atoms with Gasteiger partial charge in [-0.15, -0.1) is 0 Å². The molecule has 0 aliphatic rings. The van der Waals surface area contributed by atoms with Crippen LogP contribution in [0.3, 0.4) is 0 Å². The fourth-order valence-corrected chi connectivity index (χ4v) is 1.56. The van der Waals surface area contributed by atoms with Gasteiger partial charge in [0.2, 0.25) is 0 Å². The largest absolute Gasteiger partial charge is 0.382 e. The number of ether oxygens (including phenoxy) is 1. The predicted octanol–water partition coefficient (Wildman–Crippen LogP) is 2.01. The number of hydrogen-bond acceptors (Lipinski definition) is 2. The molecule has 1 N–H and O–H groups in total. The lowest BCUT2D eigenvalue weighted by atomic mass is 9.91. The molecule has 1 atom stereocenters. The van der Waals surface area contributed by atoms with Crippen molar-refractivity contribution in [1.82, 2.24) is 5.32 Å². The number of methoxy groups -OCH3 is 1. The van der Waals surface area contributed by atoms with E-state index < -0.39 is 12.0 Å². The topological polar surface area (TPSA) is 21.3 Å². The number of likely N-dealkylation sites (N-methyl/N-ethyl adjacent to an activating group) is 1. The molecule has 0 heterocycles. The Bertz CT molecular complexity index is 292. The highest BCUT2D eigenvalue weighted by atomic mass is 19.3. The fraction of sp³-hybridized carbons (Fsp3) is 0.455. The molecule has 0 bridgehead atoms. The first-order chi connectivity index (χ1) is 7.17. The third-order valence-corrected chi connectivity index (χ3v) is 2.48. The number of alkyl halides is 2. The summed E-state index contributed by atoms with van der Waals surface area (Å²) < 4.78 is 31.0. The lowest BCUT2D eigenvalue weighted by Gasteiger charge is -2.32. The van der Waals surface area contributed by atoms with Gasteiger partial charge in [0, 0.05) is 7.11 Å². The zero-order valence-electron chi connectivity index (χ0n) is 8.84. The van der Waals surface area contributed by atoms with Crippen molar-refractivity contribution in [2.45, 2.75) is 12.0 Å². The van der Waals surface area contributed by atoms with Crippen LogP contribution in [-0.4, -0.2) is 27.2 Å². The summed E-state index contributed by atoms with van der Waals surface area (Å²) in [5.74, 6) is 0. The number of halogens is 2. The van der Waals surface area contributed by atoms with Crippen molar-refractivity contribution in [1.29, 1.82) is 0 Å². The Labute approximate surface area is 88.3 Å². The zero-order chi connectivity index (χ0) is 11.3. The van der Waals surface area contributed by atoms with Gasteiger partial charge in [0.15, 0.2) is 0 Å². The monoisotopic (exact) mass is 215 g/mol. The molecule has 0 radical (unpaired) electrons. The molecule has 0 aromatic heterocycles. The van der Waals surface area contributed by atoms with Gasteiger partial charge in [-0.1, -0.05) is 30.3 Å². The summed E-state index contributed by atoms with van der Waals surface area (Å²) in [5, 5.41) is 2.66. The van der Waals surface area contributed by atoms with Crippen molar-refractivity contribution >= 4 is 0 Å². The summed E-state index contributed by atoms with van der Waals surface area (Å²) in [6.07, 6.45) is -2.52. The van der Waals surface area contributed by atoms with Crippen LogP contribution in [-0.2, 0) is 10.3 Å². The van der Waals surface area contributed by atoms with Crippen LogP contribution in [0.2, 0.25) is 0 Å². The highest BCUT2D eigenvalue weighted by Gasteiger charge is 2.40. The smallest absolute Gasteiger partial charge is 0.262 e. The Kier molecular flexibility index (Phi) is 4.17. The molecule has 0 saturated heterocycles. The molecule has 1 aromatic rings. The van der Waals surface area contributed by atoms with Gasteiger partial charge in [0.05, 0.1) is 6.61 Å². The maximum absolute atomic E-state index is 13.1. The summed E-state index contributed by atoms with van der Waals surface area (Å²) >= 11 is 0. The third-order valence-electron chi connectivity index (χ3n) is 2.48. The van der Waals surface area contributed by atoms with Crippen molar-refractivity contribution in [3.8, 4) is 0 Å². The number of hydrogen-bond donors (Lipinski definition) is 1. The average Bonchev–Trinajstić information content (AvgIpc) is 2.26. The quantitative estimate of drug-likeness (QED) is 0.811. The van der Waals surface area contributed by atoms with E-state index in [1.165, 1.54) is 14.2 Å². The molecular formula is C11H15F2NO. The first-order valence-corrected chi connectivity index (χ1v) is 4.69.